The average molecular weight is 2040 g/mol. The summed E-state index contributed by atoms with van der Waals surface area (Å²) >= 11 is 19.1. The highest BCUT2D eigenvalue weighted by Gasteiger charge is 2.34. The first-order valence-corrected chi connectivity index (χ1v) is 60.0. The van der Waals surface area contributed by atoms with Gasteiger partial charge in [-0.1, -0.05) is 102 Å². The summed E-state index contributed by atoms with van der Waals surface area (Å²) in [7, 11) is -4.72. The molecule has 0 amide bonds. The zero-order valence-electron chi connectivity index (χ0n) is 82.8. The summed E-state index contributed by atoms with van der Waals surface area (Å²) in [6, 6.07) is 57.4. The number of benzene rings is 8. The lowest BCUT2D eigenvalue weighted by molar-refractivity contribution is 0.208. The van der Waals surface area contributed by atoms with Crippen molar-refractivity contribution in [3.63, 3.8) is 0 Å². The topological polar surface area (TPSA) is 303 Å². The smallest absolute Gasteiger partial charge is 0.229 e. The molecule has 1 unspecified atom stereocenters. The van der Waals surface area contributed by atoms with Crippen LogP contribution in [-0.4, -0.2) is 226 Å². The van der Waals surface area contributed by atoms with Gasteiger partial charge >= 0.3 is 0 Å². The third-order valence-corrected chi connectivity index (χ3v) is 34.0. The number of ether oxygens (including phenoxy) is 3. The number of allylic oxidation sites excluding steroid dienone is 1. The molecule has 1 aliphatic carbocycles. The maximum Gasteiger partial charge on any atom is 0.229 e. The van der Waals surface area contributed by atoms with Crippen LogP contribution in [0, 0.1) is 13.8 Å². The molecular weight excluding hydrogens is 1910 g/mol. The number of methoxy groups -OCH3 is 3. The second-order valence-electron chi connectivity index (χ2n) is 38.4. The average Bonchev–Trinajstić information content (AvgIpc) is 0.895. The molecule has 0 spiro atoms. The standard InChI is InChI=1S/C32H40N5O2P.C28H36ClN6O2P.C26H32ClN6OP.C20H22ClN4O2P/c1-39-29-22-25(37-19-15-24(16-20-37)36-17-6-7-18-36)14-13-23(29)21-31-33-27-11-8-9-26(27)32(35-31)34-28-10-4-5-12-30(28)40(2,3)38;1-37-25-18-21(35-16-12-20(13-17-35)34-14-6-7-15-34)10-11-23(25)32-28-30-19-22(29)27(33-28)31-24-8-4-5-9-26(24)38(2,3)36;1-18-15-19(33-14-13-32-12-6-7-20(32)17-33)10-11-22(18)30-26-28-16-21(27)25(31-26)29-23-8-4-5-9-24(23)35(2,3)34;1-13-11-14(28(3,4)26)9-10-16(13)24-20-22-12-15(21)19(25-20)23-17-7-5-6-8-18(17)27-2/h4-5,8-10,12-14,22,24H,6-7,11,15-21H2,1-3H3,(H,33,34,35);4-5,8-11,18-20H,6-7,12-17H2,1-3H3,(H2,30,31,32,33);4-5,8-11,15-16,20H,6-7,12-14,17H2,1-3H3,(H2,28,29,30,31);5-12H,1-4H3,(H2,22,23,24,25). The van der Waals surface area contributed by atoms with Crippen LogP contribution >= 0.6 is 63.4 Å². The SMILES string of the molecule is COc1cc(N2CCC(N3CCCC3)CC2)ccc1Cc1nc2c(c(Nc3ccccc3P(C)(C)=O)n1)C=CC2.COc1cc(N2CCC(N3CCCC3)CC2)ccc1Nc1ncc(Cl)c(Nc2ccccc2P(C)(C)=O)n1.COc1ccccc1Nc1nc(Nc2ccc(P(C)(C)=O)cc2C)ncc1Cl.Cc1cc(N2CCN3CCCC3C2)ccc1Nc1ncc(Cl)c(Nc2ccccc2P(C)(C)=O)n1. The molecule has 6 aliphatic heterocycles. The fourth-order valence-electron chi connectivity index (χ4n) is 19.4. The van der Waals surface area contributed by atoms with Crippen LogP contribution < -0.4 is 87.3 Å². The van der Waals surface area contributed by atoms with Crippen LogP contribution in [-0.2, 0) is 31.1 Å². The quantitative estimate of drug-likeness (QED) is 0.0224. The van der Waals surface area contributed by atoms with E-state index in [2.05, 4.69) is 164 Å². The Labute approximate surface area is 844 Å². The minimum Gasteiger partial charge on any atom is -0.496 e. The van der Waals surface area contributed by atoms with Crippen molar-refractivity contribution in [1.29, 1.82) is 0 Å². The molecule has 4 aromatic heterocycles. The minimum atomic E-state index is -2.50. The Morgan fingerprint density at radius 1 is 0.362 bits per heavy atom. The number of para-hydroxylation sites is 5. The number of rotatable bonds is 28. The molecular formula is C106H130Cl3N21O7P4. The Bertz CT molecular complexity index is 6670. The van der Waals surface area contributed by atoms with Crippen LogP contribution in [0.4, 0.5) is 98.0 Å². The van der Waals surface area contributed by atoms with Crippen LogP contribution in [0.3, 0.4) is 0 Å². The van der Waals surface area contributed by atoms with Gasteiger partial charge in [0.05, 0.1) is 74.1 Å². The fourth-order valence-corrected chi connectivity index (χ4v) is 24.2. The van der Waals surface area contributed by atoms with Gasteiger partial charge in [-0.15, -0.1) is 0 Å². The first-order valence-electron chi connectivity index (χ1n) is 48.4. The fraction of sp³-hybridized carbons (Fsp3) is 0.377. The zero-order valence-corrected chi connectivity index (χ0v) is 88.6. The van der Waals surface area contributed by atoms with Gasteiger partial charge in [0.15, 0.2) is 17.5 Å². The Balaban J connectivity index is 0.000000136. The van der Waals surface area contributed by atoms with Gasteiger partial charge in [0.1, 0.15) is 72.5 Å². The van der Waals surface area contributed by atoms with E-state index < -0.39 is 28.6 Å². The lowest BCUT2D eigenvalue weighted by Gasteiger charge is -2.39. The number of aromatic nitrogens is 8. The van der Waals surface area contributed by atoms with E-state index >= 15 is 0 Å². The highest BCUT2D eigenvalue weighted by Crippen LogP contribution is 2.45. The molecule has 35 heteroatoms. The summed E-state index contributed by atoms with van der Waals surface area (Å²) in [6.45, 7) is 32.1. The third-order valence-electron chi connectivity index (χ3n) is 27.0. The molecule has 10 heterocycles. The molecule has 0 radical (unpaired) electrons. The van der Waals surface area contributed by atoms with Crippen molar-refractivity contribution in [2.24, 2.45) is 0 Å². The zero-order chi connectivity index (χ0) is 99.3. The molecule has 0 saturated carbocycles. The molecule has 141 heavy (non-hydrogen) atoms. The van der Waals surface area contributed by atoms with Crippen LogP contribution in [0.5, 0.6) is 17.2 Å². The van der Waals surface area contributed by atoms with Crippen molar-refractivity contribution in [2.45, 2.75) is 109 Å². The van der Waals surface area contributed by atoms with Crippen LogP contribution in [0.2, 0.25) is 15.1 Å². The number of halogens is 3. The van der Waals surface area contributed by atoms with Crippen LogP contribution in [0.15, 0.2) is 195 Å². The number of likely N-dealkylation sites (tertiary alicyclic amines) is 2. The Morgan fingerprint density at radius 3 is 1.24 bits per heavy atom. The lowest BCUT2D eigenvalue weighted by atomic mass is 10.0. The molecule has 19 rings (SSSR count). The molecule has 7 N–H and O–H groups in total. The Morgan fingerprint density at radius 2 is 0.766 bits per heavy atom. The predicted molar refractivity (Wildman–Crippen MR) is 588 cm³/mol. The van der Waals surface area contributed by atoms with Crippen molar-refractivity contribution in [2.75, 3.05) is 205 Å². The van der Waals surface area contributed by atoms with Gasteiger partial charge in [-0.3, -0.25) is 4.90 Å². The van der Waals surface area contributed by atoms with E-state index in [1.807, 2.05) is 128 Å². The third kappa shape index (κ3) is 26.3. The number of hydrogen-bond donors (Lipinski definition) is 7. The molecule has 6 saturated heterocycles. The van der Waals surface area contributed by atoms with Gasteiger partial charge in [0.2, 0.25) is 17.8 Å². The molecule has 7 aliphatic rings. The van der Waals surface area contributed by atoms with Gasteiger partial charge in [-0.2, -0.15) is 15.0 Å². The molecule has 28 nitrogen and oxygen atoms in total. The highest BCUT2D eigenvalue weighted by atomic mass is 35.5. The second-order valence-corrected chi connectivity index (χ2v) is 52.4. The predicted octanol–water partition coefficient (Wildman–Crippen LogP) is 22.3. The molecule has 6 fully saturated rings. The van der Waals surface area contributed by atoms with Crippen LogP contribution in [0.25, 0.3) is 6.08 Å². The van der Waals surface area contributed by atoms with Gasteiger partial charge in [0, 0.05) is 150 Å². The summed E-state index contributed by atoms with van der Waals surface area (Å²) in [5.41, 5.74) is 14.4. The number of fused-ring (bicyclic) bond motifs is 2. The molecule has 12 aromatic rings. The maximum atomic E-state index is 13.0. The number of hydrogen-bond acceptors (Lipinski definition) is 28. The Hall–Kier alpha value is -11.1. The Kier molecular flexibility index (Phi) is 33.6. The minimum absolute atomic E-state index is 0.368. The van der Waals surface area contributed by atoms with Crippen molar-refractivity contribution >= 4 is 189 Å². The molecule has 1 atom stereocenters. The second kappa shape index (κ2) is 46.1. The highest BCUT2D eigenvalue weighted by molar-refractivity contribution is 7.71. The maximum absolute atomic E-state index is 13.0. The van der Waals surface area contributed by atoms with E-state index in [0.29, 0.717) is 74.3 Å². The number of aryl methyl sites for hydroxylation is 2. The van der Waals surface area contributed by atoms with E-state index in [1.165, 1.54) is 115 Å². The lowest BCUT2D eigenvalue weighted by Crippen LogP contribution is -2.50. The first kappa shape index (κ1) is 103. The number of nitrogens with one attached hydrogen (secondary N) is 7. The molecule has 742 valence electrons. The van der Waals surface area contributed by atoms with Crippen molar-refractivity contribution in [3.8, 4) is 17.2 Å². The van der Waals surface area contributed by atoms with Gasteiger partial charge in [-0.05, 0) is 278 Å². The van der Waals surface area contributed by atoms with E-state index in [9.17, 15) is 18.3 Å². The van der Waals surface area contributed by atoms with Crippen molar-refractivity contribution in [1.82, 2.24) is 54.6 Å². The number of piperidine rings is 2. The van der Waals surface area contributed by atoms with E-state index in [-0.39, 0.29) is 0 Å². The van der Waals surface area contributed by atoms with Crippen molar-refractivity contribution < 1.29 is 32.5 Å². The first-order chi connectivity index (χ1) is 67.7. The number of piperazine rings is 1. The summed E-state index contributed by atoms with van der Waals surface area (Å²) in [4.78, 5) is 52.0. The van der Waals surface area contributed by atoms with Gasteiger partial charge in [0.25, 0.3) is 0 Å². The summed E-state index contributed by atoms with van der Waals surface area (Å²) in [5.74, 6) is 6.36. The summed E-state index contributed by atoms with van der Waals surface area (Å²) in [6.07, 6.45) is 23.1. The number of anilines is 17. The largest absolute Gasteiger partial charge is 0.496 e. The van der Waals surface area contributed by atoms with Crippen molar-refractivity contribution in [3.05, 3.63) is 243 Å². The van der Waals surface area contributed by atoms with E-state index in [4.69, 9.17) is 59.0 Å². The monoisotopic (exact) mass is 2040 g/mol. The van der Waals surface area contributed by atoms with Gasteiger partial charge in [-0.25, -0.2) is 24.9 Å². The summed E-state index contributed by atoms with van der Waals surface area (Å²) in [5, 5.41) is 27.3. The normalized spacial score (nSPS) is 16.4. The van der Waals surface area contributed by atoms with Crippen LogP contribution in [0.1, 0.15) is 98.0 Å². The van der Waals surface area contributed by atoms with Gasteiger partial charge < -0.3 is 94.2 Å². The number of nitrogens with zero attached hydrogens (tertiary/aromatic N) is 14. The van der Waals surface area contributed by atoms with E-state index in [1.54, 1.807) is 87.0 Å². The van der Waals surface area contributed by atoms with E-state index in [0.717, 1.165) is 176 Å². The summed E-state index contributed by atoms with van der Waals surface area (Å²) < 4.78 is 67.7. The molecule has 0 bridgehead atoms. The molecule has 8 aromatic carbocycles.